The summed E-state index contributed by atoms with van der Waals surface area (Å²) in [4.78, 5) is 18.5. The number of carbonyl (C=O) groups excluding carboxylic acids is 1. The Balaban J connectivity index is 2.24. The monoisotopic (exact) mass is 180 g/mol. The van der Waals surface area contributed by atoms with Crippen LogP contribution in [0.15, 0.2) is 18.6 Å². The van der Waals surface area contributed by atoms with Crippen LogP contribution in [0, 0.1) is 0 Å². The van der Waals surface area contributed by atoms with Crippen LogP contribution in [0.1, 0.15) is 19.0 Å². The molecule has 0 amide bonds. The van der Waals surface area contributed by atoms with Crippen LogP contribution in [0.4, 0.5) is 0 Å². The molecule has 4 heteroatoms. The standard InChI is InChI=1S/C9H12N2O2/c1-2-9(12)13-6-4-8-3-5-10-7-11-8/h3,5,7H,2,4,6H2,1H3. The van der Waals surface area contributed by atoms with Crippen molar-refractivity contribution >= 4 is 5.97 Å². The highest BCUT2D eigenvalue weighted by Crippen LogP contribution is 1.94. The summed E-state index contributed by atoms with van der Waals surface area (Å²) < 4.78 is 4.90. The van der Waals surface area contributed by atoms with Crippen LogP contribution in [0.3, 0.4) is 0 Å². The molecule has 1 heterocycles. The maximum atomic E-state index is 10.7. The predicted octanol–water partition coefficient (Wildman–Crippen LogP) is 0.972. The fourth-order valence-electron chi connectivity index (χ4n) is 0.837. The summed E-state index contributed by atoms with van der Waals surface area (Å²) in [6, 6.07) is 1.81. The van der Waals surface area contributed by atoms with Gasteiger partial charge < -0.3 is 4.74 Å². The smallest absolute Gasteiger partial charge is 0.305 e. The van der Waals surface area contributed by atoms with Crippen LogP contribution in [0.5, 0.6) is 0 Å². The largest absolute Gasteiger partial charge is 0.465 e. The zero-order valence-corrected chi connectivity index (χ0v) is 7.56. The Hall–Kier alpha value is -1.45. The average molecular weight is 180 g/mol. The number of ether oxygens (including phenoxy) is 1. The molecular weight excluding hydrogens is 168 g/mol. The number of nitrogens with zero attached hydrogens (tertiary/aromatic N) is 2. The first-order valence-corrected chi connectivity index (χ1v) is 4.23. The minimum Gasteiger partial charge on any atom is -0.465 e. The van der Waals surface area contributed by atoms with Gasteiger partial charge in [-0.25, -0.2) is 9.97 Å². The molecule has 70 valence electrons. The second-order valence-electron chi connectivity index (χ2n) is 2.52. The first-order chi connectivity index (χ1) is 6.33. The lowest BCUT2D eigenvalue weighted by molar-refractivity contribution is -0.143. The van der Waals surface area contributed by atoms with Crippen molar-refractivity contribution in [2.24, 2.45) is 0 Å². The first-order valence-electron chi connectivity index (χ1n) is 4.23. The van der Waals surface area contributed by atoms with Crippen LogP contribution in [-0.4, -0.2) is 22.5 Å². The Morgan fingerprint density at radius 1 is 1.62 bits per heavy atom. The van der Waals surface area contributed by atoms with Crippen LogP contribution in [0.25, 0.3) is 0 Å². The van der Waals surface area contributed by atoms with E-state index < -0.39 is 0 Å². The highest BCUT2D eigenvalue weighted by atomic mass is 16.5. The second kappa shape index (κ2) is 5.24. The molecule has 0 spiro atoms. The minimum atomic E-state index is -0.172. The topological polar surface area (TPSA) is 52.1 Å². The molecule has 0 aromatic carbocycles. The van der Waals surface area contributed by atoms with Gasteiger partial charge in [0.25, 0.3) is 0 Å². The highest BCUT2D eigenvalue weighted by molar-refractivity contribution is 5.68. The van der Waals surface area contributed by atoms with Gasteiger partial charge in [-0.1, -0.05) is 6.92 Å². The third kappa shape index (κ3) is 3.64. The molecule has 0 atom stereocenters. The van der Waals surface area contributed by atoms with Crippen molar-refractivity contribution in [1.82, 2.24) is 9.97 Å². The summed E-state index contributed by atoms with van der Waals surface area (Å²) in [6.07, 6.45) is 4.22. The molecule has 13 heavy (non-hydrogen) atoms. The minimum absolute atomic E-state index is 0.172. The fourth-order valence-corrected chi connectivity index (χ4v) is 0.837. The molecule has 0 aliphatic heterocycles. The SMILES string of the molecule is CCC(=O)OCCc1ccncn1. The van der Waals surface area contributed by atoms with E-state index in [9.17, 15) is 4.79 Å². The number of rotatable bonds is 4. The zero-order valence-electron chi connectivity index (χ0n) is 7.56. The van der Waals surface area contributed by atoms with Gasteiger partial charge in [0, 0.05) is 24.7 Å². The normalized spacial score (nSPS) is 9.62. The summed E-state index contributed by atoms with van der Waals surface area (Å²) in [5.74, 6) is -0.172. The Labute approximate surface area is 77.0 Å². The van der Waals surface area contributed by atoms with Crippen LogP contribution >= 0.6 is 0 Å². The van der Waals surface area contributed by atoms with E-state index in [1.807, 2.05) is 0 Å². The van der Waals surface area contributed by atoms with Crippen molar-refractivity contribution < 1.29 is 9.53 Å². The van der Waals surface area contributed by atoms with Crippen LogP contribution < -0.4 is 0 Å². The van der Waals surface area contributed by atoms with Gasteiger partial charge in [-0.3, -0.25) is 4.79 Å². The van der Waals surface area contributed by atoms with Gasteiger partial charge in [-0.15, -0.1) is 0 Å². The number of hydrogen-bond acceptors (Lipinski definition) is 4. The number of hydrogen-bond donors (Lipinski definition) is 0. The van der Waals surface area contributed by atoms with Gasteiger partial charge in [0.15, 0.2) is 0 Å². The molecule has 1 aromatic rings. The Morgan fingerprint density at radius 2 is 2.46 bits per heavy atom. The van der Waals surface area contributed by atoms with Crippen LogP contribution in [0.2, 0.25) is 0 Å². The lowest BCUT2D eigenvalue weighted by atomic mass is 10.3. The van der Waals surface area contributed by atoms with E-state index in [4.69, 9.17) is 4.74 Å². The lowest BCUT2D eigenvalue weighted by Crippen LogP contribution is -2.06. The molecule has 0 fully saturated rings. The van der Waals surface area contributed by atoms with Crippen molar-refractivity contribution in [3.8, 4) is 0 Å². The van der Waals surface area contributed by atoms with Gasteiger partial charge in [0.1, 0.15) is 6.33 Å². The Morgan fingerprint density at radius 3 is 3.08 bits per heavy atom. The van der Waals surface area contributed by atoms with Crippen molar-refractivity contribution in [2.45, 2.75) is 19.8 Å². The zero-order chi connectivity index (χ0) is 9.52. The lowest BCUT2D eigenvalue weighted by Gasteiger charge is -2.01. The highest BCUT2D eigenvalue weighted by Gasteiger charge is 1.98. The summed E-state index contributed by atoms with van der Waals surface area (Å²) in [5, 5.41) is 0. The van der Waals surface area contributed by atoms with E-state index in [0.717, 1.165) is 5.69 Å². The van der Waals surface area contributed by atoms with Gasteiger partial charge >= 0.3 is 5.97 Å². The van der Waals surface area contributed by atoms with Gasteiger partial charge in [-0.05, 0) is 6.07 Å². The molecule has 0 unspecified atom stereocenters. The quantitative estimate of drug-likeness (QED) is 0.648. The Bertz CT molecular complexity index is 262. The van der Waals surface area contributed by atoms with Crippen molar-refractivity contribution in [3.05, 3.63) is 24.3 Å². The molecular formula is C9H12N2O2. The average Bonchev–Trinajstić information content (AvgIpc) is 2.19. The second-order valence-corrected chi connectivity index (χ2v) is 2.52. The molecule has 0 aliphatic carbocycles. The maximum absolute atomic E-state index is 10.7. The van der Waals surface area contributed by atoms with E-state index >= 15 is 0 Å². The van der Waals surface area contributed by atoms with Crippen molar-refractivity contribution in [3.63, 3.8) is 0 Å². The fraction of sp³-hybridized carbons (Fsp3) is 0.444. The number of aromatic nitrogens is 2. The first kappa shape index (κ1) is 9.64. The summed E-state index contributed by atoms with van der Waals surface area (Å²) >= 11 is 0. The molecule has 0 bridgehead atoms. The van der Waals surface area contributed by atoms with Crippen LogP contribution in [-0.2, 0) is 16.0 Å². The molecule has 0 saturated heterocycles. The third-order valence-corrected chi connectivity index (χ3v) is 1.55. The molecule has 1 rings (SSSR count). The van der Waals surface area contributed by atoms with E-state index in [1.165, 1.54) is 6.33 Å². The van der Waals surface area contributed by atoms with Crippen molar-refractivity contribution in [1.29, 1.82) is 0 Å². The van der Waals surface area contributed by atoms with E-state index in [1.54, 1.807) is 19.2 Å². The summed E-state index contributed by atoms with van der Waals surface area (Å²) in [5.41, 5.74) is 0.888. The van der Waals surface area contributed by atoms with Gasteiger partial charge in [-0.2, -0.15) is 0 Å². The predicted molar refractivity (Wildman–Crippen MR) is 47.0 cm³/mol. The maximum Gasteiger partial charge on any atom is 0.305 e. The third-order valence-electron chi connectivity index (χ3n) is 1.55. The Kier molecular flexibility index (Phi) is 3.88. The summed E-state index contributed by atoms with van der Waals surface area (Å²) in [6.45, 7) is 2.16. The molecule has 0 aliphatic rings. The van der Waals surface area contributed by atoms with Crippen molar-refractivity contribution in [2.75, 3.05) is 6.61 Å². The van der Waals surface area contributed by atoms with E-state index in [2.05, 4.69) is 9.97 Å². The molecule has 4 nitrogen and oxygen atoms in total. The molecule has 0 radical (unpaired) electrons. The molecule has 0 N–H and O–H groups in total. The summed E-state index contributed by atoms with van der Waals surface area (Å²) in [7, 11) is 0. The van der Waals surface area contributed by atoms with Gasteiger partial charge in [0.2, 0.25) is 0 Å². The van der Waals surface area contributed by atoms with E-state index in [0.29, 0.717) is 19.4 Å². The number of esters is 1. The molecule has 0 saturated carbocycles. The number of carbonyl (C=O) groups is 1. The van der Waals surface area contributed by atoms with Gasteiger partial charge in [0.05, 0.1) is 6.61 Å². The molecule has 1 aromatic heterocycles. The van der Waals surface area contributed by atoms with E-state index in [-0.39, 0.29) is 5.97 Å².